The summed E-state index contributed by atoms with van der Waals surface area (Å²) in [4.78, 5) is 39.3. The summed E-state index contributed by atoms with van der Waals surface area (Å²) in [6.07, 6.45) is 1.55. The zero-order chi connectivity index (χ0) is 28.8. The van der Waals surface area contributed by atoms with Crippen molar-refractivity contribution in [2.45, 2.75) is 33.2 Å². The fourth-order valence-electron chi connectivity index (χ4n) is 4.08. The lowest BCUT2D eigenvalue weighted by Crippen LogP contribution is -2.28. The summed E-state index contributed by atoms with van der Waals surface area (Å²) in [6.45, 7) is 5.75. The van der Waals surface area contributed by atoms with E-state index in [1.165, 1.54) is 18.2 Å². The van der Waals surface area contributed by atoms with Crippen molar-refractivity contribution in [1.29, 1.82) is 0 Å². The summed E-state index contributed by atoms with van der Waals surface area (Å²) < 4.78 is 25.7. The highest BCUT2D eigenvalue weighted by molar-refractivity contribution is 8.18. The van der Waals surface area contributed by atoms with E-state index < -0.39 is 17.0 Å². The van der Waals surface area contributed by atoms with E-state index in [0.29, 0.717) is 23.7 Å². The van der Waals surface area contributed by atoms with Crippen LogP contribution in [0.5, 0.6) is 11.5 Å². The molecule has 0 saturated carbocycles. The minimum Gasteiger partial charge on any atom is -0.490 e. The average Bonchev–Trinajstić information content (AvgIpc) is 3.17. The van der Waals surface area contributed by atoms with Crippen LogP contribution in [0.25, 0.3) is 6.08 Å². The van der Waals surface area contributed by atoms with Crippen LogP contribution in [0.3, 0.4) is 0 Å². The number of imide groups is 1. The number of halogens is 2. The molecule has 0 atom stereocenters. The molecule has 1 aliphatic rings. The Morgan fingerprint density at radius 3 is 2.58 bits per heavy atom. The third kappa shape index (κ3) is 6.84. The van der Waals surface area contributed by atoms with Gasteiger partial charge in [0.2, 0.25) is 0 Å². The zero-order valence-electron chi connectivity index (χ0n) is 22.2. The van der Waals surface area contributed by atoms with Gasteiger partial charge in [0.25, 0.3) is 17.1 Å². The lowest BCUT2D eigenvalue weighted by atomic mass is 10.0. The fourth-order valence-corrected chi connectivity index (χ4v) is 5.14. The molecule has 0 aliphatic carbocycles. The second kappa shape index (κ2) is 13.0. The number of para-hydroxylation sites is 1. The average molecular weight is 583 g/mol. The highest BCUT2D eigenvalue weighted by atomic mass is 35.5. The van der Waals surface area contributed by atoms with Crippen molar-refractivity contribution >= 4 is 52.2 Å². The molecule has 1 saturated heterocycles. The molecular weight excluding hydrogens is 555 g/mol. The van der Waals surface area contributed by atoms with Gasteiger partial charge in [0, 0.05) is 16.3 Å². The standard InChI is InChI=1S/C30H28ClFN2O5S/c1-4-38-26-14-19(12-13-25(26)39-17-28(35)33-24-11-6-5-8-20(24)18(2)3)15-27-29(36)34(30(37)40-27)16-21-22(31)9-7-10-23(21)32/h5-15,18H,4,16-17H2,1-3H3,(H,33,35). The van der Waals surface area contributed by atoms with Gasteiger partial charge in [-0.1, -0.05) is 55.8 Å². The summed E-state index contributed by atoms with van der Waals surface area (Å²) in [6, 6.07) is 16.8. The van der Waals surface area contributed by atoms with Crippen LogP contribution in [0.2, 0.25) is 5.02 Å². The Bertz CT molecular complexity index is 1460. The normalized spacial score (nSPS) is 14.2. The van der Waals surface area contributed by atoms with Crippen LogP contribution in [0.1, 0.15) is 43.4 Å². The molecule has 0 spiro atoms. The number of hydrogen-bond acceptors (Lipinski definition) is 6. The first kappa shape index (κ1) is 29.2. The Morgan fingerprint density at radius 1 is 1.07 bits per heavy atom. The first-order chi connectivity index (χ1) is 19.2. The van der Waals surface area contributed by atoms with Crippen LogP contribution in [0.4, 0.5) is 14.9 Å². The van der Waals surface area contributed by atoms with Crippen LogP contribution >= 0.6 is 23.4 Å². The minimum atomic E-state index is -0.592. The number of anilines is 1. The molecule has 208 valence electrons. The highest BCUT2D eigenvalue weighted by Crippen LogP contribution is 2.36. The van der Waals surface area contributed by atoms with Crippen molar-refractivity contribution < 1.29 is 28.2 Å². The maximum atomic E-state index is 14.2. The smallest absolute Gasteiger partial charge is 0.293 e. The van der Waals surface area contributed by atoms with Gasteiger partial charge in [-0.15, -0.1) is 0 Å². The molecular formula is C30H28ClFN2O5S. The van der Waals surface area contributed by atoms with Crippen LogP contribution in [0, 0.1) is 5.82 Å². The second-order valence-corrected chi connectivity index (χ2v) is 10.6. The number of ether oxygens (including phenoxy) is 2. The molecule has 3 amide bonds. The number of nitrogens with one attached hydrogen (secondary N) is 1. The van der Waals surface area contributed by atoms with Gasteiger partial charge >= 0.3 is 0 Å². The van der Waals surface area contributed by atoms with Crippen molar-refractivity contribution in [3.05, 3.63) is 93.1 Å². The van der Waals surface area contributed by atoms with Crippen molar-refractivity contribution in [3.63, 3.8) is 0 Å². The van der Waals surface area contributed by atoms with Crippen LogP contribution in [-0.2, 0) is 16.1 Å². The van der Waals surface area contributed by atoms with E-state index in [1.54, 1.807) is 24.3 Å². The monoisotopic (exact) mass is 582 g/mol. The predicted molar refractivity (Wildman–Crippen MR) is 155 cm³/mol. The van der Waals surface area contributed by atoms with Gasteiger partial charge in [-0.3, -0.25) is 19.3 Å². The van der Waals surface area contributed by atoms with E-state index in [4.69, 9.17) is 21.1 Å². The number of rotatable bonds is 10. The second-order valence-electron chi connectivity index (χ2n) is 9.19. The SMILES string of the molecule is CCOc1cc(C=C2SC(=O)N(Cc3c(F)cccc3Cl)C2=O)ccc1OCC(=O)Nc1ccccc1C(C)C. The molecule has 1 aliphatic heterocycles. The molecule has 4 rings (SSSR count). The Hall–Kier alpha value is -3.82. The first-order valence-electron chi connectivity index (χ1n) is 12.6. The van der Waals surface area contributed by atoms with E-state index in [1.807, 2.05) is 31.2 Å². The number of benzene rings is 3. The van der Waals surface area contributed by atoms with E-state index in [2.05, 4.69) is 19.2 Å². The van der Waals surface area contributed by atoms with Gasteiger partial charge in [-0.2, -0.15) is 0 Å². The van der Waals surface area contributed by atoms with Crippen LogP contribution < -0.4 is 14.8 Å². The topological polar surface area (TPSA) is 84.9 Å². The summed E-state index contributed by atoms with van der Waals surface area (Å²) in [7, 11) is 0. The van der Waals surface area contributed by atoms with E-state index in [9.17, 15) is 18.8 Å². The molecule has 0 unspecified atom stereocenters. The Morgan fingerprint density at radius 2 is 1.85 bits per heavy atom. The Kier molecular flexibility index (Phi) is 9.50. The zero-order valence-corrected chi connectivity index (χ0v) is 23.8. The van der Waals surface area contributed by atoms with Gasteiger partial charge < -0.3 is 14.8 Å². The van der Waals surface area contributed by atoms with E-state index in [-0.39, 0.29) is 40.5 Å². The summed E-state index contributed by atoms with van der Waals surface area (Å²) in [5, 5.41) is 2.50. The molecule has 0 bridgehead atoms. The van der Waals surface area contributed by atoms with E-state index in [0.717, 1.165) is 27.9 Å². The molecule has 1 heterocycles. The Labute approximate surface area is 241 Å². The van der Waals surface area contributed by atoms with Gasteiger partial charge in [-0.25, -0.2) is 4.39 Å². The lowest BCUT2D eigenvalue weighted by molar-refractivity contribution is -0.123. The highest BCUT2D eigenvalue weighted by Gasteiger charge is 2.36. The van der Waals surface area contributed by atoms with Crippen molar-refractivity contribution in [2.24, 2.45) is 0 Å². The molecule has 3 aromatic carbocycles. The third-order valence-corrected chi connectivity index (χ3v) is 7.29. The minimum absolute atomic E-state index is 0.0737. The largest absolute Gasteiger partial charge is 0.490 e. The summed E-state index contributed by atoms with van der Waals surface area (Å²) >= 11 is 6.83. The maximum absolute atomic E-state index is 14.2. The van der Waals surface area contributed by atoms with E-state index >= 15 is 0 Å². The van der Waals surface area contributed by atoms with Crippen molar-refractivity contribution in [3.8, 4) is 11.5 Å². The summed E-state index contributed by atoms with van der Waals surface area (Å²) in [5.74, 6) is -0.481. The third-order valence-electron chi connectivity index (χ3n) is 6.03. The Balaban J connectivity index is 1.46. The molecule has 1 fully saturated rings. The number of amides is 3. The van der Waals surface area contributed by atoms with Crippen molar-refractivity contribution in [2.75, 3.05) is 18.5 Å². The van der Waals surface area contributed by atoms with Gasteiger partial charge in [-0.05, 0) is 72.1 Å². The molecule has 0 aromatic heterocycles. The molecule has 40 heavy (non-hydrogen) atoms. The van der Waals surface area contributed by atoms with Gasteiger partial charge in [0.15, 0.2) is 18.1 Å². The molecule has 1 N–H and O–H groups in total. The first-order valence-corrected chi connectivity index (χ1v) is 13.8. The number of thioether (sulfide) groups is 1. The number of hydrogen-bond donors (Lipinski definition) is 1. The number of carbonyl (C=O) groups is 3. The molecule has 7 nitrogen and oxygen atoms in total. The van der Waals surface area contributed by atoms with Gasteiger partial charge in [0.05, 0.1) is 18.1 Å². The molecule has 10 heteroatoms. The maximum Gasteiger partial charge on any atom is 0.293 e. The van der Waals surface area contributed by atoms with Gasteiger partial charge in [0.1, 0.15) is 5.82 Å². The number of nitrogens with zero attached hydrogens (tertiary/aromatic N) is 1. The quantitative estimate of drug-likeness (QED) is 0.253. The van der Waals surface area contributed by atoms with Crippen LogP contribution in [0.15, 0.2) is 65.6 Å². The fraction of sp³-hybridized carbons (Fsp3) is 0.233. The molecule has 0 radical (unpaired) electrons. The van der Waals surface area contributed by atoms with Crippen LogP contribution in [-0.4, -0.2) is 35.2 Å². The summed E-state index contributed by atoms with van der Waals surface area (Å²) in [5.41, 5.74) is 2.42. The molecule has 3 aromatic rings. The lowest BCUT2D eigenvalue weighted by Gasteiger charge is -2.15. The predicted octanol–water partition coefficient (Wildman–Crippen LogP) is 7.26. The van der Waals surface area contributed by atoms with Crippen molar-refractivity contribution in [1.82, 2.24) is 4.90 Å². The number of carbonyl (C=O) groups excluding carboxylic acids is 3.